The Labute approximate surface area is 234 Å². The smallest absolute Gasteiger partial charge is 0.343 e. The Balaban J connectivity index is 2.02. The first-order chi connectivity index (χ1) is 19.5. The van der Waals surface area contributed by atoms with Crippen molar-refractivity contribution in [1.29, 1.82) is 0 Å². The summed E-state index contributed by atoms with van der Waals surface area (Å²) < 4.78 is 35.5. The van der Waals surface area contributed by atoms with Crippen LogP contribution in [0, 0.1) is 15.9 Å². The molecular weight excluding hydrogens is 537 g/mol. The summed E-state index contributed by atoms with van der Waals surface area (Å²) in [6, 6.07) is 13.7. The van der Waals surface area contributed by atoms with E-state index >= 15 is 0 Å². The number of nitro benzene ring substituents is 1. The SMILES string of the molecule is COCOc1cc(F)ccc1-c1cc(-c2cccc([N+](=O)[O-])c2)c(C(=O)OC(C)(C)C)c(NC(=O)c2ccco2)n1. The number of anilines is 1. The number of hydrogen-bond donors (Lipinski definition) is 1. The standard InChI is InChI=1S/C29H26FN3O8/c1-29(2,3)41-28(35)25-21(17-7-5-8-19(13-17)33(36)37)15-22(20-11-10-18(30)14-24(20)40-16-38-4)31-26(25)32-27(34)23-9-6-12-39-23/h5-15H,16H2,1-4H3,(H,31,32,34). The number of nitro groups is 1. The van der Waals surface area contributed by atoms with Crippen molar-refractivity contribution in [3.05, 3.63) is 94.2 Å². The summed E-state index contributed by atoms with van der Waals surface area (Å²) in [5, 5.41) is 14.2. The number of aromatic nitrogens is 1. The van der Waals surface area contributed by atoms with Crippen molar-refractivity contribution in [2.45, 2.75) is 26.4 Å². The van der Waals surface area contributed by atoms with Gasteiger partial charge in [-0.3, -0.25) is 14.9 Å². The number of rotatable bonds is 9. The van der Waals surface area contributed by atoms with E-state index in [4.69, 9.17) is 18.6 Å². The molecule has 2 aromatic heterocycles. The minimum Gasteiger partial charge on any atom is -0.467 e. The quantitative estimate of drug-likeness (QED) is 0.108. The highest BCUT2D eigenvalue weighted by Gasteiger charge is 2.29. The first kappa shape index (κ1) is 28.9. The second kappa shape index (κ2) is 12.0. The highest BCUT2D eigenvalue weighted by Crippen LogP contribution is 2.38. The van der Waals surface area contributed by atoms with Crippen molar-refractivity contribution >= 4 is 23.4 Å². The van der Waals surface area contributed by atoms with E-state index < -0.39 is 28.2 Å². The highest BCUT2D eigenvalue weighted by molar-refractivity contribution is 6.09. The monoisotopic (exact) mass is 563 g/mol. The Morgan fingerprint density at radius 2 is 1.85 bits per heavy atom. The maximum absolute atomic E-state index is 14.2. The molecule has 0 atom stereocenters. The fourth-order valence-electron chi connectivity index (χ4n) is 3.85. The van der Waals surface area contributed by atoms with Crippen molar-refractivity contribution in [1.82, 2.24) is 4.98 Å². The molecule has 0 unspecified atom stereocenters. The molecule has 41 heavy (non-hydrogen) atoms. The molecule has 1 N–H and O–H groups in total. The van der Waals surface area contributed by atoms with E-state index in [0.29, 0.717) is 5.56 Å². The van der Waals surface area contributed by atoms with Crippen LogP contribution in [0.25, 0.3) is 22.4 Å². The summed E-state index contributed by atoms with van der Waals surface area (Å²) in [7, 11) is 1.40. The average molecular weight is 564 g/mol. The molecule has 4 aromatic rings. The van der Waals surface area contributed by atoms with Gasteiger partial charge in [-0.1, -0.05) is 12.1 Å². The van der Waals surface area contributed by atoms with Crippen LogP contribution in [0.1, 0.15) is 41.7 Å². The fraction of sp³-hybridized carbons (Fsp3) is 0.207. The van der Waals surface area contributed by atoms with Gasteiger partial charge in [0, 0.05) is 36.4 Å². The van der Waals surface area contributed by atoms with Crippen LogP contribution < -0.4 is 10.1 Å². The van der Waals surface area contributed by atoms with Gasteiger partial charge < -0.3 is 23.9 Å². The van der Waals surface area contributed by atoms with E-state index in [9.17, 15) is 24.1 Å². The third-order valence-corrected chi connectivity index (χ3v) is 5.52. The van der Waals surface area contributed by atoms with E-state index in [-0.39, 0.29) is 52.2 Å². The van der Waals surface area contributed by atoms with Crippen LogP contribution in [0.5, 0.6) is 5.75 Å². The van der Waals surface area contributed by atoms with Gasteiger partial charge in [0.15, 0.2) is 12.6 Å². The second-order valence-corrected chi connectivity index (χ2v) is 9.71. The lowest BCUT2D eigenvalue weighted by atomic mass is 9.96. The molecule has 0 aliphatic rings. The first-order valence-electron chi connectivity index (χ1n) is 12.3. The summed E-state index contributed by atoms with van der Waals surface area (Å²) in [4.78, 5) is 42.2. The molecule has 0 saturated heterocycles. The molecule has 12 heteroatoms. The molecule has 0 aliphatic heterocycles. The zero-order chi connectivity index (χ0) is 29.7. The summed E-state index contributed by atoms with van der Waals surface area (Å²) in [6.07, 6.45) is 1.31. The number of non-ortho nitro benzene ring substituents is 1. The van der Waals surface area contributed by atoms with Crippen LogP contribution in [0.15, 0.2) is 71.3 Å². The van der Waals surface area contributed by atoms with Gasteiger partial charge >= 0.3 is 5.97 Å². The molecule has 1 amide bonds. The summed E-state index contributed by atoms with van der Waals surface area (Å²) >= 11 is 0. The molecule has 0 fully saturated rings. The molecule has 0 aliphatic carbocycles. The molecular formula is C29H26FN3O8. The molecule has 0 spiro atoms. The van der Waals surface area contributed by atoms with E-state index in [1.165, 1.54) is 61.9 Å². The predicted octanol–water partition coefficient (Wildman–Crippen LogP) is 6.25. The summed E-state index contributed by atoms with van der Waals surface area (Å²) in [6.45, 7) is 4.79. The number of pyridine rings is 1. The molecule has 212 valence electrons. The van der Waals surface area contributed by atoms with Gasteiger partial charge in [-0.25, -0.2) is 14.2 Å². The van der Waals surface area contributed by atoms with Gasteiger partial charge in [0.2, 0.25) is 0 Å². The summed E-state index contributed by atoms with van der Waals surface area (Å²) in [5.41, 5.74) is -0.466. The Hall–Kier alpha value is -5.10. The van der Waals surface area contributed by atoms with Crippen molar-refractivity contribution in [2.24, 2.45) is 0 Å². The van der Waals surface area contributed by atoms with Gasteiger partial charge in [0.05, 0.1) is 16.9 Å². The third-order valence-electron chi connectivity index (χ3n) is 5.52. The third kappa shape index (κ3) is 6.92. The topological polar surface area (TPSA) is 143 Å². The van der Waals surface area contributed by atoms with Crippen molar-refractivity contribution in [3.63, 3.8) is 0 Å². The molecule has 4 rings (SSSR count). The number of nitrogens with zero attached hydrogens (tertiary/aromatic N) is 2. The Kier molecular flexibility index (Phi) is 8.43. The number of nitrogens with one attached hydrogen (secondary N) is 1. The van der Waals surface area contributed by atoms with Crippen molar-refractivity contribution in [3.8, 4) is 28.1 Å². The van der Waals surface area contributed by atoms with Crippen LogP contribution in [-0.2, 0) is 9.47 Å². The van der Waals surface area contributed by atoms with Crippen LogP contribution in [0.3, 0.4) is 0 Å². The normalized spacial score (nSPS) is 11.1. The molecule has 0 bridgehead atoms. The van der Waals surface area contributed by atoms with Crippen molar-refractivity contribution in [2.75, 3.05) is 19.2 Å². The zero-order valence-corrected chi connectivity index (χ0v) is 22.6. The van der Waals surface area contributed by atoms with Crippen LogP contribution in [-0.4, -0.2) is 41.3 Å². The van der Waals surface area contributed by atoms with Gasteiger partial charge in [0.1, 0.15) is 28.5 Å². The zero-order valence-electron chi connectivity index (χ0n) is 22.6. The molecule has 0 saturated carbocycles. The molecule has 11 nitrogen and oxygen atoms in total. The lowest BCUT2D eigenvalue weighted by Crippen LogP contribution is -2.26. The minimum absolute atomic E-state index is 0.0601. The highest BCUT2D eigenvalue weighted by atomic mass is 19.1. The van der Waals surface area contributed by atoms with Gasteiger partial charge in [-0.15, -0.1) is 0 Å². The van der Waals surface area contributed by atoms with Gasteiger partial charge in [0.25, 0.3) is 11.6 Å². The largest absolute Gasteiger partial charge is 0.467 e. The Bertz CT molecular complexity index is 1600. The Morgan fingerprint density at radius 3 is 2.51 bits per heavy atom. The van der Waals surface area contributed by atoms with Gasteiger partial charge in [-0.2, -0.15) is 0 Å². The number of esters is 1. The number of hydrogen-bond acceptors (Lipinski definition) is 9. The predicted molar refractivity (Wildman–Crippen MR) is 146 cm³/mol. The number of carbonyl (C=O) groups is 2. The Morgan fingerprint density at radius 1 is 1.07 bits per heavy atom. The van der Waals surface area contributed by atoms with Crippen LogP contribution in [0.2, 0.25) is 0 Å². The van der Waals surface area contributed by atoms with E-state index in [1.54, 1.807) is 26.8 Å². The number of ether oxygens (including phenoxy) is 3. The maximum Gasteiger partial charge on any atom is 0.343 e. The number of methoxy groups -OCH3 is 1. The number of amides is 1. The second-order valence-electron chi connectivity index (χ2n) is 9.71. The average Bonchev–Trinajstić information content (AvgIpc) is 3.46. The first-order valence-corrected chi connectivity index (χ1v) is 12.3. The number of carbonyl (C=O) groups excluding carboxylic acids is 2. The van der Waals surface area contributed by atoms with Crippen molar-refractivity contribution < 1.29 is 37.5 Å². The number of benzene rings is 2. The van der Waals surface area contributed by atoms with Crippen LogP contribution >= 0.6 is 0 Å². The summed E-state index contributed by atoms with van der Waals surface area (Å²) in [5.74, 6) is -2.36. The van der Waals surface area contributed by atoms with E-state index in [0.717, 1.165) is 6.07 Å². The molecule has 0 radical (unpaired) electrons. The minimum atomic E-state index is -0.934. The number of furan rings is 1. The van der Waals surface area contributed by atoms with E-state index in [2.05, 4.69) is 10.3 Å². The lowest BCUT2D eigenvalue weighted by Gasteiger charge is -2.22. The fourth-order valence-corrected chi connectivity index (χ4v) is 3.85. The van der Waals surface area contributed by atoms with Gasteiger partial charge in [-0.05, 0) is 56.7 Å². The molecule has 2 heterocycles. The van der Waals surface area contributed by atoms with Crippen LogP contribution in [0.4, 0.5) is 15.9 Å². The van der Waals surface area contributed by atoms with E-state index in [1.807, 2.05) is 0 Å². The lowest BCUT2D eigenvalue weighted by molar-refractivity contribution is -0.384. The molecule has 2 aromatic carbocycles. The maximum atomic E-state index is 14.2. The number of halogens is 1.